The van der Waals surface area contributed by atoms with E-state index in [0.29, 0.717) is 27.8 Å². The highest BCUT2D eigenvalue weighted by Gasteiger charge is 2.33. The molecule has 1 aliphatic rings. The molecule has 0 aliphatic carbocycles. The van der Waals surface area contributed by atoms with E-state index in [2.05, 4.69) is 10.6 Å². The number of esters is 1. The number of furan rings is 1. The lowest BCUT2D eigenvalue weighted by molar-refractivity contribution is -0.136. The fraction of sp³-hybridized carbons (Fsp3) is 0.222. The number of rotatable bonds is 3. The molecule has 0 saturated carbocycles. The number of hydrogen-bond donors (Lipinski definition) is 2. The van der Waals surface area contributed by atoms with E-state index in [4.69, 9.17) is 20.8 Å². The minimum Gasteiger partial charge on any atom is -0.466 e. The van der Waals surface area contributed by atoms with E-state index < -0.39 is 18.0 Å². The zero-order valence-electron chi connectivity index (χ0n) is 14.0. The van der Waals surface area contributed by atoms with Crippen molar-refractivity contribution in [3.63, 3.8) is 0 Å². The molecule has 2 amide bonds. The van der Waals surface area contributed by atoms with Crippen molar-refractivity contribution in [3.8, 4) is 11.3 Å². The number of methoxy groups -OCH3 is 1. The van der Waals surface area contributed by atoms with Gasteiger partial charge in [-0.2, -0.15) is 0 Å². The van der Waals surface area contributed by atoms with Crippen LogP contribution in [0.5, 0.6) is 0 Å². The first-order chi connectivity index (χ1) is 11.9. The van der Waals surface area contributed by atoms with Crippen LogP contribution in [0.15, 0.2) is 46.0 Å². The average molecular weight is 361 g/mol. The molecule has 0 radical (unpaired) electrons. The standard InChI is InChI=1S/C18H17ClN2O4/c1-9-4-5-11(8-12(9)19)13-6-7-14(25-13)16-15(17(22)24-3)10(2)20-18(23)21-16/h4-8,16H,1-3H3,(H2,20,21,23)/t16-/m0/s1. The molecule has 0 spiro atoms. The number of urea groups is 1. The van der Waals surface area contributed by atoms with Gasteiger partial charge in [-0.3, -0.25) is 0 Å². The number of ether oxygens (including phenoxy) is 1. The summed E-state index contributed by atoms with van der Waals surface area (Å²) in [7, 11) is 1.29. The number of amides is 2. The molecule has 130 valence electrons. The number of nitrogens with one attached hydrogen (secondary N) is 2. The van der Waals surface area contributed by atoms with Crippen molar-refractivity contribution in [3.05, 3.63) is 57.9 Å². The lowest BCUT2D eigenvalue weighted by Gasteiger charge is -2.26. The summed E-state index contributed by atoms with van der Waals surface area (Å²) in [6, 6.07) is 7.96. The van der Waals surface area contributed by atoms with E-state index in [1.165, 1.54) is 7.11 Å². The summed E-state index contributed by atoms with van der Waals surface area (Å²) < 4.78 is 10.7. The predicted molar refractivity (Wildman–Crippen MR) is 93.0 cm³/mol. The highest BCUT2D eigenvalue weighted by Crippen LogP contribution is 2.33. The van der Waals surface area contributed by atoms with E-state index >= 15 is 0 Å². The Labute approximate surface area is 149 Å². The van der Waals surface area contributed by atoms with Crippen molar-refractivity contribution >= 4 is 23.6 Å². The Bertz CT molecular complexity index is 885. The van der Waals surface area contributed by atoms with Crippen molar-refractivity contribution in [2.45, 2.75) is 19.9 Å². The second-order valence-corrected chi connectivity index (χ2v) is 6.13. The molecule has 25 heavy (non-hydrogen) atoms. The molecule has 0 saturated heterocycles. The summed E-state index contributed by atoms with van der Waals surface area (Å²) in [5, 5.41) is 5.89. The third-order valence-electron chi connectivity index (χ3n) is 4.04. The van der Waals surface area contributed by atoms with Gasteiger partial charge in [0.25, 0.3) is 0 Å². The lowest BCUT2D eigenvalue weighted by atomic mass is 10.0. The molecule has 2 N–H and O–H groups in total. The molecule has 0 fully saturated rings. The van der Waals surface area contributed by atoms with Gasteiger partial charge in [-0.25, -0.2) is 9.59 Å². The number of allylic oxidation sites excluding steroid dienone is 1. The molecule has 7 heteroatoms. The van der Waals surface area contributed by atoms with Crippen LogP contribution in [0.3, 0.4) is 0 Å². The normalized spacial score (nSPS) is 17.1. The minimum atomic E-state index is -0.726. The number of carbonyl (C=O) groups is 2. The second kappa shape index (κ2) is 6.64. The number of halogens is 1. The SMILES string of the molecule is COC(=O)C1=C(C)NC(=O)N[C@H]1c1ccc(-c2ccc(C)c(Cl)c2)o1. The van der Waals surface area contributed by atoms with Crippen molar-refractivity contribution in [2.75, 3.05) is 7.11 Å². The summed E-state index contributed by atoms with van der Waals surface area (Å²) in [5.74, 6) is 0.485. The molecule has 1 aromatic carbocycles. The second-order valence-electron chi connectivity index (χ2n) is 5.73. The van der Waals surface area contributed by atoms with Gasteiger partial charge >= 0.3 is 12.0 Å². The third kappa shape index (κ3) is 3.25. The molecule has 1 atom stereocenters. The van der Waals surface area contributed by atoms with Crippen molar-refractivity contribution in [2.24, 2.45) is 0 Å². The molecule has 0 bridgehead atoms. The summed E-state index contributed by atoms with van der Waals surface area (Å²) in [5.41, 5.74) is 2.50. The fourth-order valence-electron chi connectivity index (χ4n) is 2.70. The van der Waals surface area contributed by atoms with Crippen LogP contribution in [0.4, 0.5) is 4.79 Å². The molecule has 0 unspecified atom stereocenters. The van der Waals surface area contributed by atoms with Gasteiger partial charge in [-0.1, -0.05) is 23.7 Å². The van der Waals surface area contributed by atoms with E-state index in [-0.39, 0.29) is 0 Å². The number of carbonyl (C=O) groups excluding carboxylic acids is 2. The highest BCUT2D eigenvalue weighted by molar-refractivity contribution is 6.31. The van der Waals surface area contributed by atoms with Gasteiger partial charge in [0, 0.05) is 16.3 Å². The monoisotopic (exact) mass is 360 g/mol. The quantitative estimate of drug-likeness (QED) is 0.818. The van der Waals surface area contributed by atoms with Gasteiger partial charge in [-0.05, 0) is 37.6 Å². The van der Waals surface area contributed by atoms with Crippen LogP contribution >= 0.6 is 11.6 Å². The summed E-state index contributed by atoms with van der Waals surface area (Å²) in [4.78, 5) is 23.9. The van der Waals surface area contributed by atoms with Crippen LogP contribution in [0.2, 0.25) is 5.02 Å². The molecular weight excluding hydrogens is 344 g/mol. The number of hydrogen-bond acceptors (Lipinski definition) is 4. The zero-order valence-corrected chi connectivity index (χ0v) is 14.7. The van der Waals surface area contributed by atoms with Crippen LogP contribution in [0.25, 0.3) is 11.3 Å². The minimum absolute atomic E-state index is 0.296. The van der Waals surface area contributed by atoms with Crippen molar-refractivity contribution < 1.29 is 18.7 Å². The Kier molecular flexibility index (Phi) is 4.55. The van der Waals surface area contributed by atoms with Crippen molar-refractivity contribution in [1.29, 1.82) is 0 Å². The highest BCUT2D eigenvalue weighted by atomic mass is 35.5. The van der Waals surface area contributed by atoms with Crippen molar-refractivity contribution in [1.82, 2.24) is 10.6 Å². The molecule has 6 nitrogen and oxygen atoms in total. The smallest absolute Gasteiger partial charge is 0.338 e. The number of benzene rings is 1. The largest absolute Gasteiger partial charge is 0.466 e. The molecule has 3 rings (SSSR count). The molecule has 2 heterocycles. The molecule has 1 aromatic heterocycles. The van der Waals surface area contributed by atoms with Crippen LogP contribution in [0.1, 0.15) is 24.3 Å². The van der Waals surface area contributed by atoms with Crippen LogP contribution in [-0.4, -0.2) is 19.1 Å². The van der Waals surface area contributed by atoms with Gasteiger partial charge < -0.3 is 19.8 Å². The Morgan fingerprint density at radius 2 is 2.00 bits per heavy atom. The average Bonchev–Trinajstić information content (AvgIpc) is 3.06. The number of aryl methyl sites for hydroxylation is 1. The zero-order chi connectivity index (χ0) is 18.1. The summed E-state index contributed by atoms with van der Waals surface area (Å²) in [6.45, 7) is 3.56. The maximum atomic E-state index is 12.1. The van der Waals surface area contributed by atoms with E-state index in [1.54, 1.807) is 19.1 Å². The Morgan fingerprint density at radius 3 is 2.68 bits per heavy atom. The summed E-state index contributed by atoms with van der Waals surface area (Å²) in [6.07, 6.45) is 0. The fourth-order valence-corrected chi connectivity index (χ4v) is 2.88. The summed E-state index contributed by atoms with van der Waals surface area (Å²) >= 11 is 6.17. The maximum absolute atomic E-state index is 12.1. The Hall–Kier alpha value is -2.73. The Balaban J connectivity index is 2.00. The van der Waals surface area contributed by atoms with E-state index in [1.807, 2.05) is 25.1 Å². The molecule has 2 aromatic rings. The predicted octanol–water partition coefficient (Wildman–Crippen LogP) is 3.71. The van der Waals surface area contributed by atoms with Gasteiger partial charge in [0.05, 0.1) is 12.7 Å². The van der Waals surface area contributed by atoms with Crippen LogP contribution in [0, 0.1) is 6.92 Å². The van der Waals surface area contributed by atoms with Crippen LogP contribution in [-0.2, 0) is 9.53 Å². The Morgan fingerprint density at radius 1 is 1.24 bits per heavy atom. The van der Waals surface area contributed by atoms with Gasteiger partial charge in [0.2, 0.25) is 0 Å². The third-order valence-corrected chi connectivity index (χ3v) is 4.45. The van der Waals surface area contributed by atoms with E-state index in [9.17, 15) is 9.59 Å². The van der Waals surface area contributed by atoms with Gasteiger partial charge in [-0.15, -0.1) is 0 Å². The molecular formula is C18H17ClN2O4. The topological polar surface area (TPSA) is 80.6 Å². The maximum Gasteiger partial charge on any atom is 0.338 e. The first-order valence-electron chi connectivity index (χ1n) is 7.63. The van der Waals surface area contributed by atoms with Gasteiger partial charge in [0.15, 0.2) is 0 Å². The first-order valence-corrected chi connectivity index (χ1v) is 8.01. The first kappa shape index (κ1) is 17.1. The van der Waals surface area contributed by atoms with Gasteiger partial charge in [0.1, 0.15) is 17.6 Å². The molecule has 1 aliphatic heterocycles. The lowest BCUT2D eigenvalue weighted by Crippen LogP contribution is -2.45. The van der Waals surface area contributed by atoms with Crippen LogP contribution < -0.4 is 10.6 Å². The van der Waals surface area contributed by atoms with E-state index in [0.717, 1.165) is 11.1 Å².